The third-order valence-electron chi connectivity index (χ3n) is 1.83. The molecule has 0 aliphatic rings. The summed E-state index contributed by atoms with van der Waals surface area (Å²) in [7, 11) is 0.738. The fraction of sp³-hybridized carbons (Fsp3) is 0.333. The maximum absolute atomic E-state index is 13.5. The molecule has 4 nitrogen and oxygen atoms in total. The molecular formula is C9H5F6NO3. The Morgan fingerprint density at radius 2 is 1.95 bits per heavy atom. The van der Waals surface area contributed by atoms with Gasteiger partial charge in [-0.15, -0.1) is 13.2 Å². The summed E-state index contributed by atoms with van der Waals surface area (Å²) in [5.74, 6) is -4.88. The molecule has 1 heterocycles. The van der Waals surface area contributed by atoms with E-state index in [9.17, 15) is 31.1 Å². The van der Waals surface area contributed by atoms with Crippen LogP contribution in [0.2, 0.25) is 0 Å². The summed E-state index contributed by atoms with van der Waals surface area (Å²) in [5.41, 5.74) is -2.87. The van der Waals surface area contributed by atoms with Crippen LogP contribution in [0.3, 0.4) is 0 Å². The highest BCUT2D eigenvalue weighted by Crippen LogP contribution is 2.31. The maximum atomic E-state index is 13.5. The Balaban J connectivity index is 3.40. The summed E-state index contributed by atoms with van der Waals surface area (Å²) in [6.07, 6.45) is -8.49. The number of aromatic nitrogens is 1. The average Bonchev–Trinajstić information content (AvgIpc) is 2.25. The second-order valence-corrected chi connectivity index (χ2v) is 3.04. The smallest absolute Gasteiger partial charge is 0.465 e. The lowest BCUT2D eigenvalue weighted by atomic mass is 10.2. The molecule has 0 aliphatic heterocycles. The Bertz CT molecular complexity index is 488. The van der Waals surface area contributed by atoms with E-state index in [0.29, 0.717) is 0 Å². The number of carbonyl (C=O) groups excluding carboxylic acids is 1. The molecule has 1 rings (SSSR count). The Hall–Kier alpha value is -2.00. The predicted octanol–water partition coefficient (Wildman–Crippen LogP) is 2.84. The number of hydrogen-bond acceptors (Lipinski definition) is 4. The molecule has 0 radical (unpaired) electrons. The molecule has 0 saturated heterocycles. The Morgan fingerprint density at radius 3 is 2.37 bits per heavy atom. The molecule has 1 aromatic rings. The molecular weight excluding hydrogens is 284 g/mol. The third kappa shape index (κ3) is 3.48. The molecule has 19 heavy (non-hydrogen) atoms. The third-order valence-corrected chi connectivity index (χ3v) is 1.83. The molecule has 0 aromatic carbocycles. The molecule has 0 bridgehead atoms. The van der Waals surface area contributed by atoms with Crippen molar-refractivity contribution in [1.82, 2.24) is 4.98 Å². The Kier molecular flexibility index (Phi) is 4.22. The standard InChI is InChI=1S/C9H5F6NO3/c1-18-8(17)4-3(19-9(13,14)15)2-16-6(5(4)10)7(11)12/h2,7H,1H3. The van der Waals surface area contributed by atoms with Crippen LogP contribution < -0.4 is 4.74 Å². The van der Waals surface area contributed by atoms with Crippen molar-refractivity contribution >= 4 is 5.97 Å². The van der Waals surface area contributed by atoms with Crippen LogP contribution in [0.5, 0.6) is 5.75 Å². The van der Waals surface area contributed by atoms with Crippen molar-refractivity contribution in [2.75, 3.05) is 7.11 Å². The van der Waals surface area contributed by atoms with Crippen LogP contribution in [0.1, 0.15) is 22.5 Å². The van der Waals surface area contributed by atoms with Crippen LogP contribution in [0.4, 0.5) is 26.3 Å². The molecule has 0 amide bonds. The van der Waals surface area contributed by atoms with Crippen molar-refractivity contribution in [2.45, 2.75) is 12.8 Å². The van der Waals surface area contributed by atoms with Crippen LogP contribution in [-0.4, -0.2) is 24.4 Å². The largest absolute Gasteiger partial charge is 0.573 e. The molecule has 0 fully saturated rings. The fourth-order valence-corrected chi connectivity index (χ4v) is 1.13. The number of alkyl halides is 5. The molecule has 106 valence electrons. The lowest BCUT2D eigenvalue weighted by Gasteiger charge is -2.13. The van der Waals surface area contributed by atoms with E-state index in [-0.39, 0.29) is 6.20 Å². The van der Waals surface area contributed by atoms with E-state index in [1.807, 2.05) is 0 Å². The van der Waals surface area contributed by atoms with Gasteiger partial charge in [-0.3, -0.25) is 0 Å². The van der Waals surface area contributed by atoms with Crippen molar-refractivity contribution < 1.29 is 40.6 Å². The second kappa shape index (κ2) is 5.33. The van der Waals surface area contributed by atoms with Crippen molar-refractivity contribution in [3.63, 3.8) is 0 Å². The first kappa shape index (κ1) is 15.1. The van der Waals surface area contributed by atoms with Crippen molar-refractivity contribution in [2.24, 2.45) is 0 Å². The van der Waals surface area contributed by atoms with Crippen molar-refractivity contribution in [1.29, 1.82) is 0 Å². The van der Waals surface area contributed by atoms with Gasteiger partial charge in [0.05, 0.1) is 13.3 Å². The van der Waals surface area contributed by atoms with Crippen LogP contribution >= 0.6 is 0 Å². The first-order chi connectivity index (χ1) is 8.67. The van der Waals surface area contributed by atoms with Crippen LogP contribution in [-0.2, 0) is 4.74 Å². The van der Waals surface area contributed by atoms with E-state index in [0.717, 1.165) is 7.11 Å². The highest BCUT2D eigenvalue weighted by Gasteiger charge is 2.36. The van der Waals surface area contributed by atoms with Crippen LogP contribution in [0.15, 0.2) is 6.20 Å². The van der Waals surface area contributed by atoms with Crippen molar-refractivity contribution in [3.8, 4) is 5.75 Å². The number of pyridine rings is 1. The molecule has 0 spiro atoms. The van der Waals surface area contributed by atoms with Gasteiger partial charge >= 0.3 is 12.3 Å². The summed E-state index contributed by atoms with van der Waals surface area (Å²) < 4.78 is 81.5. The summed E-state index contributed by atoms with van der Waals surface area (Å²) >= 11 is 0. The lowest BCUT2D eigenvalue weighted by Crippen LogP contribution is -2.21. The number of esters is 1. The van der Waals surface area contributed by atoms with Gasteiger partial charge < -0.3 is 9.47 Å². The number of methoxy groups -OCH3 is 1. The van der Waals surface area contributed by atoms with Crippen molar-refractivity contribution in [3.05, 3.63) is 23.3 Å². The Labute approximate surface area is 101 Å². The predicted molar refractivity (Wildman–Crippen MR) is 47.2 cm³/mol. The van der Waals surface area contributed by atoms with Gasteiger partial charge in [0, 0.05) is 0 Å². The van der Waals surface area contributed by atoms with Crippen LogP contribution in [0, 0.1) is 5.82 Å². The first-order valence-electron chi connectivity index (χ1n) is 4.48. The average molecular weight is 289 g/mol. The Morgan fingerprint density at radius 1 is 1.37 bits per heavy atom. The van der Waals surface area contributed by atoms with Gasteiger partial charge in [0.25, 0.3) is 6.43 Å². The van der Waals surface area contributed by atoms with Gasteiger partial charge in [0.1, 0.15) is 11.3 Å². The second-order valence-electron chi connectivity index (χ2n) is 3.04. The first-order valence-corrected chi connectivity index (χ1v) is 4.48. The molecule has 0 N–H and O–H groups in total. The molecule has 0 unspecified atom stereocenters. The number of hydrogen-bond donors (Lipinski definition) is 0. The SMILES string of the molecule is COC(=O)c1c(OC(F)(F)F)cnc(C(F)F)c1F. The number of halogens is 6. The van der Waals surface area contributed by atoms with Gasteiger partial charge in [-0.2, -0.15) is 0 Å². The zero-order chi connectivity index (χ0) is 14.8. The quantitative estimate of drug-likeness (QED) is 0.634. The van der Waals surface area contributed by atoms with Gasteiger partial charge in [-0.05, 0) is 0 Å². The zero-order valence-electron chi connectivity index (χ0n) is 9.09. The minimum Gasteiger partial charge on any atom is -0.465 e. The lowest BCUT2D eigenvalue weighted by molar-refractivity contribution is -0.274. The zero-order valence-corrected chi connectivity index (χ0v) is 9.09. The summed E-state index contributed by atoms with van der Waals surface area (Å²) in [6, 6.07) is 0. The van der Waals surface area contributed by atoms with E-state index < -0.39 is 41.6 Å². The van der Waals surface area contributed by atoms with E-state index >= 15 is 0 Å². The molecule has 1 aromatic heterocycles. The van der Waals surface area contributed by atoms with Gasteiger partial charge in [-0.1, -0.05) is 0 Å². The summed E-state index contributed by atoms with van der Waals surface area (Å²) in [5, 5.41) is 0. The number of nitrogens with zero attached hydrogens (tertiary/aromatic N) is 1. The molecule has 0 saturated carbocycles. The van der Waals surface area contributed by atoms with Gasteiger partial charge in [0.2, 0.25) is 0 Å². The minimum absolute atomic E-state index is 0.171. The van der Waals surface area contributed by atoms with Gasteiger partial charge in [0.15, 0.2) is 11.6 Å². The topological polar surface area (TPSA) is 48.4 Å². The molecule has 10 heteroatoms. The highest BCUT2D eigenvalue weighted by molar-refractivity contribution is 5.92. The van der Waals surface area contributed by atoms with Gasteiger partial charge in [-0.25, -0.2) is 22.9 Å². The number of rotatable bonds is 3. The van der Waals surface area contributed by atoms with E-state index in [1.165, 1.54) is 0 Å². The number of carbonyl (C=O) groups is 1. The fourth-order valence-electron chi connectivity index (χ4n) is 1.13. The summed E-state index contributed by atoms with van der Waals surface area (Å²) in [6.45, 7) is 0. The van der Waals surface area contributed by atoms with E-state index in [2.05, 4.69) is 14.5 Å². The minimum atomic E-state index is -5.25. The van der Waals surface area contributed by atoms with E-state index in [1.54, 1.807) is 0 Å². The van der Waals surface area contributed by atoms with Crippen LogP contribution in [0.25, 0.3) is 0 Å². The number of ether oxygens (including phenoxy) is 2. The van der Waals surface area contributed by atoms with E-state index in [4.69, 9.17) is 0 Å². The molecule has 0 aliphatic carbocycles. The normalized spacial score (nSPS) is 11.6. The summed E-state index contributed by atoms with van der Waals surface area (Å²) in [4.78, 5) is 13.9. The molecule has 0 atom stereocenters. The maximum Gasteiger partial charge on any atom is 0.573 e. The highest BCUT2D eigenvalue weighted by atomic mass is 19.4. The monoisotopic (exact) mass is 289 g/mol.